The summed E-state index contributed by atoms with van der Waals surface area (Å²) >= 11 is 0. The number of esters is 1. The lowest BCUT2D eigenvalue weighted by Crippen LogP contribution is -2.32. The van der Waals surface area contributed by atoms with E-state index in [0.29, 0.717) is 13.2 Å². The van der Waals surface area contributed by atoms with Crippen molar-refractivity contribution in [1.82, 2.24) is 0 Å². The molecule has 1 rings (SSSR count). The highest BCUT2D eigenvalue weighted by molar-refractivity contribution is 5.75. The normalized spacial score (nSPS) is 10.2. The third kappa shape index (κ3) is 4.91. The minimum Gasteiger partial charge on any atom is -0.480 e. The van der Waals surface area contributed by atoms with E-state index in [1.54, 1.807) is 11.8 Å². The molecule has 0 unspecified atom stereocenters. The fraction of sp³-hybridized carbons (Fsp3) is 0.467. The van der Waals surface area contributed by atoms with Gasteiger partial charge >= 0.3 is 11.9 Å². The summed E-state index contributed by atoms with van der Waals surface area (Å²) in [4.78, 5) is 24.1. The summed E-state index contributed by atoms with van der Waals surface area (Å²) in [6, 6.07) is 5.81. The third-order valence-electron chi connectivity index (χ3n) is 2.91. The smallest absolute Gasteiger partial charge is 0.323 e. The van der Waals surface area contributed by atoms with Crippen molar-refractivity contribution in [3.8, 4) is 0 Å². The molecule has 1 aromatic carbocycles. The summed E-state index contributed by atoms with van der Waals surface area (Å²) in [6.07, 6.45) is 0.175. The number of anilines is 1. The van der Waals surface area contributed by atoms with Gasteiger partial charge in [0.2, 0.25) is 0 Å². The van der Waals surface area contributed by atoms with Gasteiger partial charge in [0.15, 0.2) is 0 Å². The van der Waals surface area contributed by atoms with Gasteiger partial charge < -0.3 is 14.7 Å². The van der Waals surface area contributed by atoms with E-state index >= 15 is 0 Å². The van der Waals surface area contributed by atoms with Crippen molar-refractivity contribution in [2.75, 3.05) is 24.6 Å². The molecular weight excluding hydrogens is 258 g/mol. The molecule has 5 nitrogen and oxygen atoms in total. The first-order chi connectivity index (χ1) is 9.43. The van der Waals surface area contributed by atoms with Crippen LogP contribution in [-0.4, -0.2) is 36.7 Å². The first-order valence-electron chi connectivity index (χ1n) is 6.63. The highest BCUT2D eigenvalue weighted by Crippen LogP contribution is 2.21. The fourth-order valence-corrected chi connectivity index (χ4v) is 2.07. The molecule has 0 saturated carbocycles. The second kappa shape index (κ2) is 7.53. The Balaban J connectivity index is 2.83. The van der Waals surface area contributed by atoms with Crippen LogP contribution in [0.15, 0.2) is 18.2 Å². The average molecular weight is 279 g/mol. The first kappa shape index (κ1) is 16.0. The van der Waals surface area contributed by atoms with Crippen molar-refractivity contribution in [3.05, 3.63) is 29.3 Å². The molecule has 0 saturated heterocycles. The number of benzene rings is 1. The number of carboxylic acids is 1. The van der Waals surface area contributed by atoms with Crippen LogP contribution in [0.5, 0.6) is 0 Å². The van der Waals surface area contributed by atoms with Crippen LogP contribution in [0, 0.1) is 13.8 Å². The van der Waals surface area contributed by atoms with Crippen LogP contribution in [0.3, 0.4) is 0 Å². The Bertz CT molecular complexity index is 485. The Morgan fingerprint density at radius 1 is 1.30 bits per heavy atom. The number of hydrogen-bond donors (Lipinski definition) is 1. The molecular formula is C15H21NO4. The van der Waals surface area contributed by atoms with Crippen molar-refractivity contribution in [3.63, 3.8) is 0 Å². The molecule has 0 radical (unpaired) electrons. The van der Waals surface area contributed by atoms with Crippen LogP contribution in [0.2, 0.25) is 0 Å². The zero-order chi connectivity index (χ0) is 15.1. The second-order valence-electron chi connectivity index (χ2n) is 4.66. The molecule has 5 heteroatoms. The van der Waals surface area contributed by atoms with E-state index in [4.69, 9.17) is 9.84 Å². The molecule has 0 fully saturated rings. The molecule has 0 aliphatic rings. The van der Waals surface area contributed by atoms with Crippen LogP contribution in [-0.2, 0) is 14.3 Å². The minimum absolute atomic E-state index is 0.136. The van der Waals surface area contributed by atoms with Gasteiger partial charge in [-0.2, -0.15) is 0 Å². The van der Waals surface area contributed by atoms with Gasteiger partial charge in [-0.05, 0) is 32.4 Å². The maximum absolute atomic E-state index is 11.4. The molecule has 0 heterocycles. The summed E-state index contributed by atoms with van der Waals surface area (Å²) in [5.41, 5.74) is 2.95. The van der Waals surface area contributed by atoms with Crippen molar-refractivity contribution in [1.29, 1.82) is 0 Å². The monoisotopic (exact) mass is 279 g/mol. The summed E-state index contributed by atoms with van der Waals surface area (Å²) < 4.78 is 4.87. The quantitative estimate of drug-likeness (QED) is 0.775. The number of hydrogen-bond acceptors (Lipinski definition) is 4. The Morgan fingerprint density at radius 3 is 2.55 bits per heavy atom. The van der Waals surface area contributed by atoms with Crippen molar-refractivity contribution >= 4 is 17.6 Å². The summed E-state index contributed by atoms with van der Waals surface area (Å²) in [5.74, 6) is -1.23. The minimum atomic E-state index is -0.922. The number of carboxylic acid groups (broad SMARTS) is 1. The largest absolute Gasteiger partial charge is 0.480 e. The molecule has 0 atom stereocenters. The Labute approximate surface area is 119 Å². The van der Waals surface area contributed by atoms with Gasteiger partial charge in [-0.15, -0.1) is 0 Å². The van der Waals surface area contributed by atoms with Gasteiger partial charge in [0.25, 0.3) is 0 Å². The van der Waals surface area contributed by atoms with Crippen molar-refractivity contribution in [2.24, 2.45) is 0 Å². The standard InChI is InChI=1S/C15H21NO4/c1-4-20-15(19)7-8-16(10-14(17)18)13-6-5-11(2)9-12(13)3/h5-6,9H,4,7-8,10H2,1-3H3,(H,17,18). The van der Waals surface area contributed by atoms with E-state index in [1.807, 2.05) is 32.0 Å². The Kier molecular flexibility index (Phi) is 6.03. The van der Waals surface area contributed by atoms with E-state index in [0.717, 1.165) is 16.8 Å². The molecule has 0 amide bonds. The van der Waals surface area contributed by atoms with E-state index in [-0.39, 0.29) is 18.9 Å². The average Bonchev–Trinajstić information content (AvgIpc) is 2.35. The maximum Gasteiger partial charge on any atom is 0.323 e. The number of nitrogens with zero attached hydrogens (tertiary/aromatic N) is 1. The zero-order valence-electron chi connectivity index (χ0n) is 12.2. The second-order valence-corrected chi connectivity index (χ2v) is 4.66. The van der Waals surface area contributed by atoms with E-state index in [1.165, 1.54) is 0 Å². The lowest BCUT2D eigenvalue weighted by atomic mass is 10.1. The van der Waals surface area contributed by atoms with Crippen molar-refractivity contribution < 1.29 is 19.4 Å². The number of ether oxygens (including phenoxy) is 1. The molecule has 20 heavy (non-hydrogen) atoms. The molecule has 1 N–H and O–H groups in total. The van der Waals surface area contributed by atoms with E-state index < -0.39 is 5.97 Å². The van der Waals surface area contributed by atoms with Crippen LogP contribution in [0.25, 0.3) is 0 Å². The van der Waals surface area contributed by atoms with Crippen LogP contribution in [0.1, 0.15) is 24.5 Å². The topological polar surface area (TPSA) is 66.8 Å². The van der Waals surface area contributed by atoms with Gasteiger partial charge in [0, 0.05) is 12.2 Å². The van der Waals surface area contributed by atoms with Gasteiger partial charge in [0.05, 0.1) is 13.0 Å². The van der Waals surface area contributed by atoms with E-state index in [9.17, 15) is 9.59 Å². The number of carbonyl (C=O) groups is 2. The van der Waals surface area contributed by atoms with Crippen LogP contribution >= 0.6 is 0 Å². The lowest BCUT2D eigenvalue weighted by Gasteiger charge is -2.24. The highest BCUT2D eigenvalue weighted by atomic mass is 16.5. The van der Waals surface area contributed by atoms with Crippen LogP contribution in [0.4, 0.5) is 5.69 Å². The van der Waals surface area contributed by atoms with Crippen LogP contribution < -0.4 is 4.90 Å². The molecule has 0 bridgehead atoms. The summed E-state index contributed by atoms with van der Waals surface area (Å²) in [5, 5.41) is 9.00. The van der Waals surface area contributed by atoms with E-state index in [2.05, 4.69) is 0 Å². The third-order valence-corrected chi connectivity index (χ3v) is 2.91. The summed E-state index contributed by atoms with van der Waals surface area (Å²) in [7, 11) is 0. The molecule has 0 spiro atoms. The predicted octanol–water partition coefficient (Wildman–Crippen LogP) is 2.15. The molecule has 0 aliphatic carbocycles. The molecule has 110 valence electrons. The van der Waals surface area contributed by atoms with Gasteiger partial charge in [-0.3, -0.25) is 9.59 Å². The molecule has 0 aliphatic heterocycles. The number of carbonyl (C=O) groups excluding carboxylic acids is 1. The lowest BCUT2D eigenvalue weighted by molar-refractivity contribution is -0.143. The van der Waals surface area contributed by atoms with Crippen molar-refractivity contribution in [2.45, 2.75) is 27.2 Å². The molecule has 1 aromatic rings. The van der Waals surface area contributed by atoms with Gasteiger partial charge in [-0.25, -0.2) is 0 Å². The van der Waals surface area contributed by atoms with Gasteiger partial charge in [-0.1, -0.05) is 17.7 Å². The first-order valence-corrected chi connectivity index (χ1v) is 6.63. The number of rotatable bonds is 7. The number of aliphatic carboxylic acids is 1. The highest BCUT2D eigenvalue weighted by Gasteiger charge is 2.15. The zero-order valence-corrected chi connectivity index (χ0v) is 12.2. The predicted molar refractivity (Wildman–Crippen MR) is 77.0 cm³/mol. The van der Waals surface area contributed by atoms with Gasteiger partial charge in [0.1, 0.15) is 6.54 Å². The maximum atomic E-state index is 11.4. The fourth-order valence-electron chi connectivity index (χ4n) is 2.07. The number of aryl methyl sites for hydroxylation is 2. The Hall–Kier alpha value is -2.04. The molecule has 0 aromatic heterocycles. The SMILES string of the molecule is CCOC(=O)CCN(CC(=O)O)c1ccc(C)cc1C. The Morgan fingerprint density at radius 2 is 2.00 bits per heavy atom. The summed E-state index contributed by atoms with van der Waals surface area (Å²) in [6.45, 7) is 6.19.